The van der Waals surface area contributed by atoms with E-state index in [0.717, 1.165) is 77.6 Å². The van der Waals surface area contributed by atoms with Crippen LogP contribution in [0.4, 0.5) is 0 Å². The molecular formula is C58H36N2O. The lowest BCUT2D eigenvalue weighted by molar-refractivity contribution is 0.655. The number of pyridine rings is 2. The molecule has 3 heterocycles. The average Bonchev–Trinajstić information content (AvgIpc) is 3.73. The van der Waals surface area contributed by atoms with Crippen molar-refractivity contribution in [3.05, 3.63) is 219 Å². The fraction of sp³-hybridized carbons (Fsp3) is 0. The van der Waals surface area contributed by atoms with Crippen molar-refractivity contribution >= 4 is 54.4 Å². The number of para-hydroxylation sites is 1. The SMILES string of the molecule is c1cncc(-c2cc(-c3cccc(-c4cccc(-c5cccc(-c6cccc7c6oc6ncccc67)c5)c4)c3)cc(-c3ccc4c5ccccc5c5ccccc5c4c3)c2)c1. The Hall–Kier alpha value is -8.14. The Bertz CT molecular complexity index is 3620. The van der Waals surface area contributed by atoms with Crippen LogP contribution in [0.5, 0.6) is 0 Å². The first-order valence-electron chi connectivity index (χ1n) is 20.7. The van der Waals surface area contributed by atoms with Crippen molar-refractivity contribution < 1.29 is 4.42 Å². The number of furan rings is 1. The molecule has 3 nitrogen and oxygen atoms in total. The van der Waals surface area contributed by atoms with Gasteiger partial charge in [0, 0.05) is 40.5 Å². The van der Waals surface area contributed by atoms with Crippen molar-refractivity contribution in [3.63, 3.8) is 0 Å². The van der Waals surface area contributed by atoms with E-state index in [0.29, 0.717) is 5.71 Å². The molecule has 12 rings (SSSR count). The van der Waals surface area contributed by atoms with Crippen molar-refractivity contribution in [3.8, 4) is 66.8 Å². The lowest BCUT2D eigenvalue weighted by Gasteiger charge is -2.15. The minimum absolute atomic E-state index is 0.660. The summed E-state index contributed by atoms with van der Waals surface area (Å²) in [6, 6.07) is 72.4. The minimum atomic E-state index is 0.660. The predicted octanol–water partition coefficient (Wildman–Crippen LogP) is 15.8. The van der Waals surface area contributed by atoms with Gasteiger partial charge in [-0.25, -0.2) is 4.98 Å². The van der Waals surface area contributed by atoms with Gasteiger partial charge in [-0.1, -0.05) is 140 Å². The summed E-state index contributed by atoms with van der Waals surface area (Å²) in [5.74, 6) is 0. The van der Waals surface area contributed by atoms with Gasteiger partial charge in [-0.15, -0.1) is 0 Å². The third-order valence-electron chi connectivity index (χ3n) is 12.2. The molecule has 0 radical (unpaired) electrons. The van der Waals surface area contributed by atoms with Gasteiger partial charge in [0.05, 0.1) is 0 Å². The summed E-state index contributed by atoms with van der Waals surface area (Å²) in [6.07, 6.45) is 5.56. The van der Waals surface area contributed by atoms with Gasteiger partial charge in [0.15, 0.2) is 0 Å². The fourth-order valence-electron chi connectivity index (χ4n) is 9.23. The third-order valence-corrected chi connectivity index (χ3v) is 12.2. The highest BCUT2D eigenvalue weighted by molar-refractivity contribution is 6.25. The van der Waals surface area contributed by atoms with Gasteiger partial charge in [-0.3, -0.25) is 4.98 Å². The van der Waals surface area contributed by atoms with E-state index in [9.17, 15) is 0 Å². The zero-order chi connectivity index (χ0) is 40.3. The van der Waals surface area contributed by atoms with Crippen LogP contribution in [-0.2, 0) is 0 Å². The highest BCUT2D eigenvalue weighted by Gasteiger charge is 2.15. The molecule has 0 spiro atoms. The highest BCUT2D eigenvalue weighted by atomic mass is 16.3. The van der Waals surface area contributed by atoms with Gasteiger partial charge in [0.1, 0.15) is 5.58 Å². The largest absolute Gasteiger partial charge is 0.437 e. The Kier molecular flexibility index (Phi) is 8.17. The first kappa shape index (κ1) is 34.9. The van der Waals surface area contributed by atoms with Crippen LogP contribution in [0.15, 0.2) is 223 Å². The molecule has 0 saturated heterocycles. The molecule has 9 aromatic carbocycles. The maximum atomic E-state index is 6.31. The number of rotatable bonds is 6. The van der Waals surface area contributed by atoms with Crippen LogP contribution in [0.1, 0.15) is 0 Å². The standard InChI is InChI=1S/C58H36N2O/c1-2-20-51-49(18-1)50-19-3-4-21-52(50)56-35-42(25-26-53(51)56)46-32-45(33-47(34-46)44-17-9-27-59-36-44)41-15-6-13-39(30-41)37-11-5-12-38(29-37)40-14-7-16-43(31-40)48-22-8-23-54-55-24-10-28-60-58(55)61-57(48)54/h1-36H. The Labute approximate surface area is 352 Å². The molecule has 0 aliphatic heterocycles. The van der Waals surface area contributed by atoms with Crippen molar-refractivity contribution in [2.75, 3.05) is 0 Å². The highest BCUT2D eigenvalue weighted by Crippen LogP contribution is 2.41. The lowest BCUT2D eigenvalue weighted by atomic mass is 9.89. The minimum Gasteiger partial charge on any atom is -0.437 e. The van der Waals surface area contributed by atoms with E-state index in [1.165, 1.54) is 37.9 Å². The summed E-state index contributed by atoms with van der Waals surface area (Å²) in [4.78, 5) is 8.97. The molecule has 0 N–H and O–H groups in total. The fourth-order valence-corrected chi connectivity index (χ4v) is 9.23. The number of fused-ring (bicyclic) bond motifs is 9. The molecule has 0 amide bonds. The smallest absolute Gasteiger partial charge is 0.227 e. The second kappa shape index (κ2) is 14.3. The molecule has 0 bridgehead atoms. The normalized spacial score (nSPS) is 11.6. The van der Waals surface area contributed by atoms with E-state index in [-0.39, 0.29) is 0 Å². The topological polar surface area (TPSA) is 38.9 Å². The van der Waals surface area contributed by atoms with Crippen LogP contribution < -0.4 is 0 Å². The third kappa shape index (κ3) is 6.06. The molecule has 0 aliphatic carbocycles. The van der Waals surface area contributed by atoms with E-state index in [4.69, 9.17) is 4.42 Å². The quantitative estimate of drug-likeness (QED) is 0.158. The predicted molar refractivity (Wildman–Crippen MR) is 254 cm³/mol. The maximum Gasteiger partial charge on any atom is 0.227 e. The van der Waals surface area contributed by atoms with E-state index in [1.807, 2.05) is 24.5 Å². The zero-order valence-electron chi connectivity index (χ0n) is 33.1. The van der Waals surface area contributed by atoms with Crippen molar-refractivity contribution in [2.24, 2.45) is 0 Å². The number of nitrogens with zero attached hydrogens (tertiary/aromatic N) is 2. The molecule has 0 unspecified atom stereocenters. The van der Waals surface area contributed by atoms with Crippen LogP contribution in [0.2, 0.25) is 0 Å². The van der Waals surface area contributed by atoms with Crippen molar-refractivity contribution in [2.45, 2.75) is 0 Å². The zero-order valence-corrected chi connectivity index (χ0v) is 33.1. The van der Waals surface area contributed by atoms with Gasteiger partial charge >= 0.3 is 0 Å². The first-order chi connectivity index (χ1) is 30.2. The summed E-state index contributed by atoms with van der Waals surface area (Å²) < 4.78 is 6.31. The molecule has 3 heteroatoms. The number of benzene rings is 9. The molecular weight excluding hydrogens is 741 g/mol. The molecule has 0 saturated carbocycles. The van der Waals surface area contributed by atoms with Crippen LogP contribution in [0.3, 0.4) is 0 Å². The molecule has 284 valence electrons. The Morgan fingerprint density at radius 2 is 0.721 bits per heavy atom. The number of hydrogen-bond acceptors (Lipinski definition) is 3. The summed E-state index contributed by atoms with van der Waals surface area (Å²) >= 11 is 0. The van der Waals surface area contributed by atoms with E-state index < -0.39 is 0 Å². The van der Waals surface area contributed by atoms with E-state index in [1.54, 1.807) is 6.20 Å². The van der Waals surface area contributed by atoms with Crippen molar-refractivity contribution in [1.29, 1.82) is 0 Å². The molecule has 12 aromatic rings. The van der Waals surface area contributed by atoms with Crippen molar-refractivity contribution in [1.82, 2.24) is 9.97 Å². The Balaban J connectivity index is 0.942. The summed E-state index contributed by atoms with van der Waals surface area (Å²) in [7, 11) is 0. The first-order valence-corrected chi connectivity index (χ1v) is 20.7. The number of aromatic nitrogens is 2. The lowest BCUT2D eigenvalue weighted by Crippen LogP contribution is -1.89. The van der Waals surface area contributed by atoms with Crippen LogP contribution in [-0.4, -0.2) is 9.97 Å². The van der Waals surface area contributed by atoms with Gasteiger partial charge in [-0.2, -0.15) is 0 Å². The molecule has 3 aromatic heterocycles. The summed E-state index contributed by atoms with van der Waals surface area (Å²) in [5, 5.41) is 9.74. The number of hydrogen-bond donors (Lipinski definition) is 0. The second-order valence-electron chi connectivity index (χ2n) is 15.8. The summed E-state index contributed by atoms with van der Waals surface area (Å²) in [5.41, 5.74) is 15.2. The molecule has 0 aliphatic rings. The van der Waals surface area contributed by atoms with Crippen LogP contribution in [0.25, 0.3) is 121 Å². The van der Waals surface area contributed by atoms with E-state index in [2.05, 4.69) is 198 Å². The van der Waals surface area contributed by atoms with Crippen LogP contribution >= 0.6 is 0 Å². The monoisotopic (exact) mass is 776 g/mol. The summed E-state index contributed by atoms with van der Waals surface area (Å²) in [6.45, 7) is 0. The Morgan fingerprint density at radius 3 is 1.34 bits per heavy atom. The average molecular weight is 777 g/mol. The van der Waals surface area contributed by atoms with E-state index >= 15 is 0 Å². The molecule has 61 heavy (non-hydrogen) atoms. The van der Waals surface area contributed by atoms with Gasteiger partial charge < -0.3 is 4.42 Å². The second-order valence-corrected chi connectivity index (χ2v) is 15.8. The van der Waals surface area contributed by atoms with Gasteiger partial charge in [0.2, 0.25) is 5.71 Å². The van der Waals surface area contributed by atoms with Crippen LogP contribution in [0, 0.1) is 0 Å². The van der Waals surface area contributed by atoms with Gasteiger partial charge in [0.25, 0.3) is 0 Å². The maximum absolute atomic E-state index is 6.31. The molecule has 0 fully saturated rings. The van der Waals surface area contributed by atoms with Gasteiger partial charge in [-0.05, 0) is 149 Å². The Morgan fingerprint density at radius 1 is 0.279 bits per heavy atom. The molecule has 0 atom stereocenters.